The number of halogens is 1. The van der Waals surface area contributed by atoms with Crippen LogP contribution >= 0.6 is 11.6 Å². The number of amides is 1. The minimum atomic E-state index is 0.157. The lowest BCUT2D eigenvalue weighted by Crippen LogP contribution is -2.41. The lowest BCUT2D eigenvalue weighted by atomic mass is 10.3. The van der Waals surface area contributed by atoms with Crippen molar-refractivity contribution < 1.29 is 9.53 Å². The number of guanidine groups is 1. The van der Waals surface area contributed by atoms with E-state index in [0.717, 1.165) is 31.1 Å². The topological polar surface area (TPSA) is 66.0 Å². The van der Waals surface area contributed by atoms with E-state index in [1.807, 2.05) is 43.1 Å². The Bertz CT molecular complexity index is 573. The van der Waals surface area contributed by atoms with Crippen LogP contribution in [0.5, 0.6) is 5.75 Å². The number of carbonyl (C=O) groups excluding carboxylic acids is 1. The predicted molar refractivity (Wildman–Crippen MR) is 101 cm³/mol. The summed E-state index contributed by atoms with van der Waals surface area (Å²) in [5, 5.41) is 6.87. The van der Waals surface area contributed by atoms with E-state index in [1.165, 1.54) is 0 Å². The molecule has 25 heavy (non-hydrogen) atoms. The SMILES string of the molecule is CCNC(=NCCNC(=O)C1CC1)N(C)CCOc1ccc(Cl)cc1. The van der Waals surface area contributed by atoms with Crippen molar-refractivity contribution in [3.8, 4) is 5.75 Å². The van der Waals surface area contributed by atoms with E-state index in [4.69, 9.17) is 16.3 Å². The number of hydrogen-bond donors (Lipinski definition) is 2. The molecule has 2 rings (SSSR count). The van der Waals surface area contributed by atoms with Crippen LogP contribution in [0.25, 0.3) is 0 Å². The van der Waals surface area contributed by atoms with Crippen LogP contribution in [0.2, 0.25) is 5.02 Å². The number of nitrogens with one attached hydrogen (secondary N) is 2. The largest absolute Gasteiger partial charge is 0.492 e. The van der Waals surface area contributed by atoms with Gasteiger partial charge in [-0.15, -0.1) is 0 Å². The monoisotopic (exact) mass is 366 g/mol. The fraction of sp³-hybridized carbons (Fsp3) is 0.556. The van der Waals surface area contributed by atoms with Gasteiger partial charge in [-0.2, -0.15) is 0 Å². The molecular weight excluding hydrogens is 340 g/mol. The van der Waals surface area contributed by atoms with Crippen LogP contribution in [0, 0.1) is 5.92 Å². The molecule has 1 fully saturated rings. The Labute approximate surface area is 154 Å². The van der Waals surface area contributed by atoms with Gasteiger partial charge in [0.25, 0.3) is 0 Å². The quantitative estimate of drug-likeness (QED) is 0.399. The van der Waals surface area contributed by atoms with Crippen molar-refractivity contribution in [3.63, 3.8) is 0 Å². The summed E-state index contributed by atoms with van der Waals surface area (Å²) in [6, 6.07) is 7.32. The first-order chi connectivity index (χ1) is 12.1. The molecular formula is C18H27ClN4O2. The number of ether oxygens (including phenoxy) is 1. The first kappa shape index (κ1) is 19.4. The molecule has 1 aliphatic rings. The number of hydrogen-bond acceptors (Lipinski definition) is 3. The van der Waals surface area contributed by atoms with Gasteiger partial charge in [0.2, 0.25) is 5.91 Å². The summed E-state index contributed by atoms with van der Waals surface area (Å²) in [7, 11) is 1.97. The predicted octanol–water partition coefficient (Wildman–Crippen LogP) is 2.14. The molecule has 0 spiro atoms. The molecule has 1 aliphatic carbocycles. The molecule has 1 saturated carbocycles. The normalized spacial score (nSPS) is 14.1. The van der Waals surface area contributed by atoms with E-state index in [2.05, 4.69) is 15.6 Å². The number of aliphatic imine (C=N–C) groups is 1. The highest BCUT2D eigenvalue weighted by atomic mass is 35.5. The second-order valence-corrected chi connectivity index (χ2v) is 6.46. The molecule has 7 heteroatoms. The van der Waals surface area contributed by atoms with Crippen LogP contribution in [0.3, 0.4) is 0 Å². The van der Waals surface area contributed by atoms with Crippen LogP contribution in [0.1, 0.15) is 19.8 Å². The summed E-state index contributed by atoms with van der Waals surface area (Å²) in [6.45, 7) is 5.18. The van der Waals surface area contributed by atoms with Crippen molar-refractivity contribution in [1.82, 2.24) is 15.5 Å². The maximum atomic E-state index is 11.6. The van der Waals surface area contributed by atoms with E-state index >= 15 is 0 Å². The van der Waals surface area contributed by atoms with Crippen LogP contribution in [0.4, 0.5) is 0 Å². The zero-order chi connectivity index (χ0) is 18.1. The number of benzene rings is 1. The number of likely N-dealkylation sites (N-methyl/N-ethyl adjacent to an activating group) is 1. The smallest absolute Gasteiger partial charge is 0.223 e. The summed E-state index contributed by atoms with van der Waals surface area (Å²) in [5.41, 5.74) is 0. The molecule has 0 bridgehead atoms. The number of nitrogens with zero attached hydrogens (tertiary/aromatic N) is 2. The standard InChI is InChI=1S/C18H27ClN4O2/c1-3-20-18(22-11-10-21-17(24)14-4-5-14)23(2)12-13-25-16-8-6-15(19)7-9-16/h6-9,14H,3-5,10-13H2,1-2H3,(H,20,22)(H,21,24). The highest BCUT2D eigenvalue weighted by Gasteiger charge is 2.28. The lowest BCUT2D eigenvalue weighted by Gasteiger charge is -2.22. The first-order valence-corrected chi connectivity index (χ1v) is 9.13. The minimum Gasteiger partial charge on any atom is -0.492 e. The molecule has 6 nitrogen and oxygen atoms in total. The Morgan fingerprint density at radius 1 is 1.32 bits per heavy atom. The van der Waals surface area contributed by atoms with Crippen molar-refractivity contribution in [1.29, 1.82) is 0 Å². The van der Waals surface area contributed by atoms with Gasteiger partial charge in [-0.1, -0.05) is 11.6 Å². The van der Waals surface area contributed by atoms with E-state index in [1.54, 1.807) is 0 Å². The van der Waals surface area contributed by atoms with Gasteiger partial charge >= 0.3 is 0 Å². The summed E-state index contributed by atoms with van der Waals surface area (Å²) in [4.78, 5) is 18.2. The molecule has 0 atom stereocenters. The third-order valence-corrected chi connectivity index (χ3v) is 4.08. The molecule has 0 unspecified atom stereocenters. The molecule has 2 N–H and O–H groups in total. The molecule has 0 saturated heterocycles. The Kier molecular flexibility index (Phi) is 7.85. The fourth-order valence-electron chi connectivity index (χ4n) is 2.24. The molecule has 1 amide bonds. The van der Waals surface area contributed by atoms with E-state index in [0.29, 0.717) is 31.3 Å². The number of carbonyl (C=O) groups is 1. The van der Waals surface area contributed by atoms with Gasteiger partial charge < -0.3 is 20.3 Å². The lowest BCUT2D eigenvalue weighted by molar-refractivity contribution is -0.122. The Morgan fingerprint density at radius 3 is 2.68 bits per heavy atom. The van der Waals surface area contributed by atoms with E-state index in [-0.39, 0.29) is 11.8 Å². The van der Waals surface area contributed by atoms with E-state index < -0.39 is 0 Å². The van der Waals surface area contributed by atoms with Gasteiger partial charge in [-0.3, -0.25) is 9.79 Å². The highest BCUT2D eigenvalue weighted by molar-refractivity contribution is 6.30. The second-order valence-electron chi connectivity index (χ2n) is 6.02. The maximum Gasteiger partial charge on any atom is 0.223 e. The summed E-state index contributed by atoms with van der Waals surface area (Å²) in [6.07, 6.45) is 2.04. The van der Waals surface area contributed by atoms with Crippen molar-refractivity contribution in [2.45, 2.75) is 19.8 Å². The molecule has 0 heterocycles. The van der Waals surface area contributed by atoms with Gasteiger partial charge in [0, 0.05) is 31.1 Å². The van der Waals surface area contributed by atoms with Crippen LogP contribution in [-0.2, 0) is 4.79 Å². The Morgan fingerprint density at radius 2 is 2.04 bits per heavy atom. The van der Waals surface area contributed by atoms with Gasteiger partial charge in [-0.05, 0) is 44.0 Å². The zero-order valence-electron chi connectivity index (χ0n) is 14.9. The number of rotatable bonds is 9. The van der Waals surface area contributed by atoms with Gasteiger partial charge in [0.05, 0.1) is 13.1 Å². The van der Waals surface area contributed by atoms with Gasteiger partial charge in [0.1, 0.15) is 12.4 Å². The summed E-state index contributed by atoms with van der Waals surface area (Å²) < 4.78 is 5.71. The van der Waals surface area contributed by atoms with Crippen molar-refractivity contribution in [2.75, 3.05) is 39.8 Å². The van der Waals surface area contributed by atoms with Crippen molar-refractivity contribution in [3.05, 3.63) is 29.3 Å². The Balaban J connectivity index is 1.71. The average molecular weight is 367 g/mol. The molecule has 0 radical (unpaired) electrons. The third kappa shape index (κ3) is 7.22. The van der Waals surface area contributed by atoms with Gasteiger partial charge in [-0.25, -0.2) is 0 Å². The molecule has 138 valence electrons. The van der Waals surface area contributed by atoms with E-state index in [9.17, 15) is 4.79 Å². The fourth-order valence-corrected chi connectivity index (χ4v) is 2.36. The van der Waals surface area contributed by atoms with Gasteiger partial charge in [0.15, 0.2) is 5.96 Å². The van der Waals surface area contributed by atoms with Crippen molar-refractivity contribution >= 4 is 23.5 Å². The van der Waals surface area contributed by atoms with Crippen LogP contribution < -0.4 is 15.4 Å². The molecule has 1 aromatic carbocycles. The van der Waals surface area contributed by atoms with Crippen LogP contribution in [-0.4, -0.2) is 56.6 Å². The molecule has 0 aliphatic heterocycles. The molecule has 0 aromatic heterocycles. The summed E-state index contributed by atoms with van der Waals surface area (Å²) >= 11 is 5.86. The van der Waals surface area contributed by atoms with Crippen LogP contribution in [0.15, 0.2) is 29.3 Å². The first-order valence-electron chi connectivity index (χ1n) is 8.75. The second kappa shape index (κ2) is 10.1. The van der Waals surface area contributed by atoms with Crippen molar-refractivity contribution in [2.24, 2.45) is 10.9 Å². The highest BCUT2D eigenvalue weighted by Crippen LogP contribution is 2.28. The Hall–Kier alpha value is -1.95. The maximum absolute atomic E-state index is 11.6. The zero-order valence-corrected chi connectivity index (χ0v) is 15.7. The average Bonchev–Trinajstić information content (AvgIpc) is 3.44. The summed E-state index contributed by atoms with van der Waals surface area (Å²) in [5.74, 6) is 2.00. The minimum absolute atomic E-state index is 0.157. The third-order valence-electron chi connectivity index (χ3n) is 3.83. The molecule has 1 aromatic rings.